The Labute approximate surface area is 177 Å². The number of hydrogen-bond donors (Lipinski definition) is 0. The van der Waals surface area contributed by atoms with Crippen LogP contribution in [0.4, 0.5) is 0 Å². The van der Waals surface area contributed by atoms with Crippen LogP contribution >= 0.6 is 11.6 Å². The molecule has 0 heterocycles. The Morgan fingerprint density at radius 1 is 0.750 bits per heavy atom. The van der Waals surface area contributed by atoms with Crippen molar-refractivity contribution >= 4 is 11.6 Å². The van der Waals surface area contributed by atoms with Gasteiger partial charge in [-0.2, -0.15) is 0 Å². The first-order valence-corrected chi connectivity index (χ1v) is 12.0. The Balaban J connectivity index is 1.40. The molecule has 3 rings (SSSR count). The predicted molar refractivity (Wildman–Crippen MR) is 124 cm³/mol. The van der Waals surface area contributed by atoms with Gasteiger partial charge < -0.3 is 0 Å². The molecule has 0 aliphatic heterocycles. The molecule has 1 fully saturated rings. The second kappa shape index (κ2) is 11.7. The van der Waals surface area contributed by atoms with Gasteiger partial charge in [-0.3, -0.25) is 0 Å². The first-order valence-electron chi connectivity index (χ1n) is 11.6. The van der Waals surface area contributed by atoms with Crippen molar-refractivity contribution < 1.29 is 0 Å². The summed E-state index contributed by atoms with van der Waals surface area (Å²) in [6.07, 6.45) is 17.1. The number of halogens is 1. The van der Waals surface area contributed by atoms with Crippen LogP contribution in [0.15, 0.2) is 48.5 Å². The molecule has 2 aromatic rings. The summed E-state index contributed by atoms with van der Waals surface area (Å²) in [5.74, 6) is 1.74. The third-order valence-electron chi connectivity index (χ3n) is 6.63. The molecule has 1 aliphatic rings. The van der Waals surface area contributed by atoms with Crippen molar-refractivity contribution in [2.45, 2.75) is 89.9 Å². The van der Waals surface area contributed by atoms with Gasteiger partial charge in [0.2, 0.25) is 0 Å². The maximum Gasteiger partial charge on any atom is 0.0484 e. The molecule has 0 atom stereocenters. The number of unbranched alkanes of at least 4 members (excludes halogenated alkanes) is 6. The van der Waals surface area contributed by atoms with Crippen molar-refractivity contribution in [3.05, 3.63) is 59.1 Å². The summed E-state index contributed by atoms with van der Waals surface area (Å²) < 4.78 is 0. The van der Waals surface area contributed by atoms with Crippen molar-refractivity contribution in [2.75, 3.05) is 0 Å². The molecule has 0 N–H and O–H groups in total. The third kappa shape index (κ3) is 6.38. The van der Waals surface area contributed by atoms with E-state index in [0.29, 0.717) is 0 Å². The topological polar surface area (TPSA) is 0 Å². The number of hydrogen-bond acceptors (Lipinski definition) is 0. The molecule has 1 saturated carbocycles. The van der Waals surface area contributed by atoms with Crippen molar-refractivity contribution in [1.82, 2.24) is 0 Å². The Morgan fingerprint density at radius 3 is 2.07 bits per heavy atom. The van der Waals surface area contributed by atoms with Gasteiger partial charge in [-0.25, -0.2) is 0 Å². The lowest BCUT2D eigenvalue weighted by atomic mass is 9.77. The molecule has 28 heavy (non-hydrogen) atoms. The summed E-state index contributed by atoms with van der Waals surface area (Å²) in [5.41, 5.74) is 3.88. The van der Waals surface area contributed by atoms with Gasteiger partial charge in [-0.15, -0.1) is 0 Å². The van der Waals surface area contributed by atoms with Gasteiger partial charge in [-0.1, -0.05) is 112 Å². The van der Waals surface area contributed by atoms with E-state index in [-0.39, 0.29) is 0 Å². The van der Waals surface area contributed by atoms with Crippen LogP contribution < -0.4 is 0 Å². The van der Waals surface area contributed by atoms with Crippen LogP contribution in [0.25, 0.3) is 11.1 Å². The molecule has 0 amide bonds. The maximum absolute atomic E-state index is 6.35. The SMILES string of the molecule is CCCCCCCCCC1CCC(c2ccc(-c3ccccc3Cl)cc2)CC1. The Morgan fingerprint density at radius 2 is 1.39 bits per heavy atom. The van der Waals surface area contributed by atoms with Gasteiger partial charge in [0.15, 0.2) is 0 Å². The van der Waals surface area contributed by atoms with Crippen molar-refractivity contribution in [1.29, 1.82) is 0 Å². The number of benzene rings is 2. The van der Waals surface area contributed by atoms with E-state index in [4.69, 9.17) is 11.6 Å². The van der Waals surface area contributed by atoms with E-state index in [2.05, 4.69) is 43.3 Å². The normalized spacial score (nSPS) is 19.6. The Hall–Kier alpha value is -1.27. The lowest BCUT2D eigenvalue weighted by Gasteiger charge is -2.29. The monoisotopic (exact) mass is 396 g/mol. The van der Waals surface area contributed by atoms with Gasteiger partial charge in [0.05, 0.1) is 0 Å². The first kappa shape index (κ1) is 21.4. The molecule has 0 aromatic heterocycles. The van der Waals surface area contributed by atoms with Crippen molar-refractivity contribution in [3.63, 3.8) is 0 Å². The average Bonchev–Trinajstić information content (AvgIpc) is 2.74. The van der Waals surface area contributed by atoms with Gasteiger partial charge in [-0.05, 0) is 54.7 Å². The summed E-state index contributed by atoms with van der Waals surface area (Å²) in [5, 5.41) is 0.834. The molecule has 0 spiro atoms. The zero-order valence-electron chi connectivity index (χ0n) is 17.6. The summed E-state index contributed by atoms with van der Waals surface area (Å²) >= 11 is 6.35. The molecular weight excluding hydrogens is 360 g/mol. The first-order chi connectivity index (χ1) is 13.8. The second-order valence-electron chi connectivity index (χ2n) is 8.73. The molecule has 1 heteroatoms. The second-order valence-corrected chi connectivity index (χ2v) is 9.14. The van der Waals surface area contributed by atoms with Crippen LogP contribution in [0.3, 0.4) is 0 Å². The minimum atomic E-state index is 0.755. The minimum absolute atomic E-state index is 0.755. The summed E-state index contributed by atoms with van der Waals surface area (Å²) in [6, 6.07) is 17.3. The molecule has 0 bridgehead atoms. The van der Waals surface area contributed by atoms with Crippen LogP contribution in [0.1, 0.15) is 95.5 Å². The van der Waals surface area contributed by atoms with Gasteiger partial charge in [0.25, 0.3) is 0 Å². The van der Waals surface area contributed by atoms with Crippen LogP contribution in [-0.2, 0) is 0 Å². The minimum Gasteiger partial charge on any atom is -0.0837 e. The van der Waals surface area contributed by atoms with Crippen molar-refractivity contribution in [2.24, 2.45) is 5.92 Å². The molecule has 0 saturated heterocycles. The summed E-state index contributed by atoms with van der Waals surface area (Å²) in [6.45, 7) is 2.30. The Kier molecular flexibility index (Phi) is 8.93. The summed E-state index contributed by atoms with van der Waals surface area (Å²) in [4.78, 5) is 0. The lowest BCUT2D eigenvalue weighted by Crippen LogP contribution is -2.13. The van der Waals surface area contributed by atoms with E-state index in [9.17, 15) is 0 Å². The molecule has 0 unspecified atom stereocenters. The van der Waals surface area contributed by atoms with E-state index in [1.54, 1.807) is 0 Å². The molecule has 2 aromatic carbocycles. The van der Waals surface area contributed by atoms with Gasteiger partial charge in [0, 0.05) is 10.6 Å². The fraction of sp³-hybridized carbons (Fsp3) is 0.556. The quantitative estimate of drug-likeness (QED) is 0.350. The highest BCUT2D eigenvalue weighted by atomic mass is 35.5. The van der Waals surface area contributed by atoms with Gasteiger partial charge >= 0.3 is 0 Å². The predicted octanol–water partition coefficient (Wildman–Crippen LogP) is 9.42. The van der Waals surface area contributed by atoms with E-state index in [1.165, 1.54) is 88.2 Å². The standard InChI is InChI=1S/C27H37Cl/c1-2-3-4-5-6-7-8-11-22-14-16-23(17-15-22)24-18-20-25(21-19-24)26-12-9-10-13-27(26)28/h9-10,12-13,18-23H,2-8,11,14-17H2,1H3. The van der Waals surface area contributed by atoms with E-state index >= 15 is 0 Å². The molecular formula is C27H37Cl. The average molecular weight is 397 g/mol. The molecule has 1 aliphatic carbocycles. The highest BCUT2D eigenvalue weighted by Crippen LogP contribution is 2.38. The molecule has 152 valence electrons. The smallest absolute Gasteiger partial charge is 0.0484 e. The highest BCUT2D eigenvalue weighted by Gasteiger charge is 2.22. The lowest BCUT2D eigenvalue weighted by molar-refractivity contribution is 0.302. The number of rotatable bonds is 10. The van der Waals surface area contributed by atoms with Gasteiger partial charge in [0.1, 0.15) is 0 Å². The fourth-order valence-electron chi connectivity index (χ4n) is 4.80. The third-order valence-corrected chi connectivity index (χ3v) is 6.96. The van der Waals surface area contributed by atoms with Crippen LogP contribution in [0.2, 0.25) is 5.02 Å². The maximum atomic E-state index is 6.35. The van der Waals surface area contributed by atoms with Crippen LogP contribution in [-0.4, -0.2) is 0 Å². The van der Waals surface area contributed by atoms with E-state index in [1.807, 2.05) is 12.1 Å². The molecule has 0 radical (unpaired) electrons. The molecule has 0 nitrogen and oxygen atoms in total. The Bertz CT molecular complexity index is 680. The fourth-order valence-corrected chi connectivity index (χ4v) is 5.05. The van der Waals surface area contributed by atoms with Crippen LogP contribution in [0, 0.1) is 5.92 Å². The highest BCUT2D eigenvalue weighted by molar-refractivity contribution is 6.33. The summed E-state index contributed by atoms with van der Waals surface area (Å²) in [7, 11) is 0. The van der Waals surface area contributed by atoms with Crippen LogP contribution in [0.5, 0.6) is 0 Å². The van der Waals surface area contributed by atoms with E-state index in [0.717, 1.165) is 22.4 Å². The van der Waals surface area contributed by atoms with E-state index < -0.39 is 0 Å². The zero-order valence-corrected chi connectivity index (χ0v) is 18.4. The zero-order chi connectivity index (χ0) is 19.6. The largest absolute Gasteiger partial charge is 0.0837 e. The van der Waals surface area contributed by atoms with Crippen molar-refractivity contribution in [3.8, 4) is 11.1 Å².